The molecule has 0 radical (unpaired) electrons. The predicted molar refractivity (Wildman–Crippen MR) is 42.7 cm³/mol. The van der Waals surface area contributed by atoms with Crippen LogP contribution in [0, 0.1) is 0 Å². The fraction of sp³-hybridized carbons (Fsp3) is 0.714. The lowest BCUT2D eigenvalue weighted by Crippen LogP contribution is -2.09. The summed E-state index contributed by atoms with van der Waals surface area (Å²) in [6, 6.07) is 0. The maximum atomic E-state index is 4.17. The van der Waals surface area contributed by atoms with Gasteiger partial charge in [-0.05, 0) is 20.8 Å². The molecule has 2 heteroatoms. The van der Waals surface area contributed by atoms with Gasteiger partial charge in [0.05, 0.1) is 5.54 Å². The molecule has 0 aromatic heterocycles. The van der Waals surface area contributed by atoms with Crippen molar-refractivity contribution in [2.75, 3.05) is 7.05 Å². The minimum Gasteiger partial charge on any atom is -0.295 e. The molecular weight excluding hydrogens is 112 g/mol. The number of nitrogens with zero attached hydrogens (tertiary/aromatic N) is 2. The highest BCUT2D eigenvalue weighted by atomic mass is 14.8. The third kappa shape index (κ3) is 7.34. The normalized spacial score (nSPS) is 13.8. The van der Waals surface area contributed by atoms with Crippen molar-refractivity contribution in [2.24, 2.45) is 9.98 Å². The molecule has 0 saturated carbocycles. The van der Waals surface area contributed by atoms with Crippen LogP contribution in [0.1, 0.15) is 20.8 Å². The van der Waals surface area contributed by atoms with Crippen LogP contribution in [0.5, 0.6) is 0 Å². The Balaban J connectivity index is 3.71. The second-order valence-corrected chi connectivity index (χ2v) is 2.86. The third-order valence-electron chi connectivity index (χ3n) is 0.678. The Hall–Kier alpha value is -0.660. The van der Waals surface area contributed by atoms with Gasteiger partial charge in [-0.1, -0.05) is 0 Å². The largest absolute Gasteiger partial charge is 0.295 e. The van der Waals surface area contributed by atoms with E-state index < -0.39 is 0 Å². The zero-order chi connectivity index (χ0) is 7.33. The lowest BCUT2D eigenvalue weighted by atomic mass is 10.1. The Morgan fingerprint density at radius 3 is 2.00 bits per heavy atom. The molecule has 0 N–H and O–H groups in total. The SMILES string of the molecule is CN=CC=NC(C)(C)C. The number of rotatable bonds is 1. The van der Waals surface area contributed by atoms with Crippen LogP contribution in [0.3, 0.4) is 0 Å². The minimum atomic E-state index is 0.0290. The average molecular weight is 126 g/mol. The molecule has 9 heavy (non-hydrogen) atoms. The zero-order valence-electron chi connectivity index (χ0n) is 6.55. The number of hydrogen-bond donors (Lipinski definition) is 0. The summed E-state index contributed by atoms with van der Waals surface area (Å²) in [6.45, 7) is 6.15. The molecule has 0 rings (SSSR count). The van der Waals surface area contributed by atoms with Crippen molar-refractivity contribution < 1.29 is 0 Å². The molecule has 0 aliphatic carbocycles. The first-order valence-corrected chi connectivity index (χ1v) is 3.02. The molecule has 2 nitrogen and oxygen atoms in total. The van der Waals surface area contributed by atoms with Gasteiger partial charge in [0.2, 0.25) is 0 Å². The topological polar surface area (TPSA) is 24.7 Å². The summed E-state index contributed by atoms with van der Waals surface area (Å²) in [5.74, 6) is 0. The van der Waals surface area contributed by atoms with E-state index in [9.17, 15) is 0 Å². The molecule has 0 saturated heterocycles. The molecule has 0 heterocycles. The van der Waals surface area contributed by atoms with Crippen LogP contribution in [0.4, 0.5) is 0 Å². The smallest absolute Gasteiger partial charge is 0.0524 e. The van der Waals surface area contributed by atoms with Crippen LogP contribution < -0.4 is 0 Å². The Labute approximate surface area is 56.7 Å². The lowest BCUT2D eigenvalue weighted by molar-refractivity contribution is 0.587. The van der Waals surface area contributed by atoms with Crippen molar-refractivity contribution in [1.82, 2.24) is 0 Å². The van der Waals surface area contributed by atoms with Crippen LogP contribution >= 0.6 is 0 Å². The van der Waals surface area contributed by atoms with E-state index in [0.717, 1.165) is 0 Å². The van der Waals surface area contributed by atoms with Crippen molar-refractivity contribution in [2.45, 2.75) is 26.3 Å². The molecule has 0 atom stereocenters. The Morgan fingerprint density at radius 2 is 1.67 bits per heavy atom. The third-order valence-corrected chi connectivity index (χ3v) is 0.678. The van der Waals surface area contributed by atoms with Gasteiger partial charge in [-0.2, -0.15) is 0 Å². The van der Waals surface area contributed by atoms with Gasteiger partial charge >= 0.3 is 0 Å². The lowest BCUT2D eigenvalue weighted by Gasteiger charge is -2.09. The van der Waals surface area contributed by atoms with Gasteiger partial charge in [0.15, 0.2) is 0 Å². The van der Waals surface area contributed by atoms with Gasteiger partial charge in [0.1, 0.15) is 0 Å². The fourth-order valence-corrected chi connectivity index (χ4v) is 0.324. The van der Waals surface area contributed by atoms with Gasteiger partial charge < -0.3 is 0 Å². The quantitative estimate of drug-likeness (QED) is 0.476. The summed E-state index contributed by atoms with van der Waals surface area (Å²) in [7, 11) is 1.73. The second-order valence-electron chi connectivity index (χ2n) is 2.86. The Morgan fingerprint density at radius 1 is 1.11 bits per heavy atom. The second kappa shape index (κ2) is 3.38. The van der Waals surface area contributed by atoms with Gasteiger partial charge in [0, 0.05) is 19.5 Å². The first-order chi connectivity index (χ1) is 4.06. The van der Waals surface area contributed by atoms with E-state index >= 15 is 0 Å². The highest BCUT2D eigenvalue weighted by molar-refractivity contribution is 6.16. The van der Waals surface area contributed by atoms with E-state index in [0.29, 0.717) is 0 Å². The monoisotopic (exact) mass is 126 g/mol. The van der Waals surface area contributed by atoms with Gasteiger partial charge in [0.25, 0.3) is 0 Å². The number of hydrogen-bond acceptors (Lipinski definition) is 2. The standard InChI is InChI=1S/C7H14N2/c1-7(2,3)9-6-5-8-4/h5-6H,1-4H3. The fourth-order valence-electron chi connectivity index (χ4n) is 0.324. The molecule has 0 fully saturated rings. The number of aliphatic imine (C=N–C) groups is 2. The highest BCUT2D eigenvalue weighted by Gasteiger charge is 2.02. The van der Waals surface area contributed by atoms with Gasteiger partial charge in [-0.15, -0.1) is 0 Å². The van der Waals surface area contributed by atoms with E-state index in [2.05, 4.69) is 9.98 Å². The Bertz CT molecular complexity index is 117. The molecule has 0 unspecified atom stereocenters. The molecule has 52 valence electrons. The maximum Gasteiger partial charge on any atom is 0.0524 e. The molecule has 0 aliphatic heterocycles. The van der Waals surface area contributed by atoms with Crippen LogP contribution in [0.15, 0.2) is 9.98 Å². The predicted octanol–water partition coefficient (Wildman–Crippen LogP) is 1.56. The van der Waals surface area contributed by atoms with E-state index in [-0.39, 0.29) is 5.54 Å². The maximum absolute atomic E-state index is 4.17. The van der Waals surface area contributed by atoms with E-state index in [1.807, 2.05) is 20.8 Å². The van der Waals surface area contributed by atoms with E-state index in [1.54, 1.807) is 19.5 Å². The summed E-state index contributed by atoms with van der Waals surface area (Å²) in [5.41, 5.74) is 0.0290. The van der Waals surface area contributed by atoms with Crippen LogP contribution in [0.25, 0.3) is 0 Å². The Kier molecular flexibility index (Phi) is 3.13. The first-order valence-electron chi connectivity index (χ1n) is 3.02. The highest BCUT2D eigenvalue weighted by Crippen LogP contribution is 2.03. The van der Waals surface area contributed by atoms with Crippen molar-refractivity contribution in [3.63, 3.8) is 0 Å². The summed E-state index contributed by atoms with van der Waals surface area (Å²) in [6.07, 6.45) is 3.41. The molecule has 0 aromatic rings. The van der Waals surface area contributed by atoms with Crippen LogP contribution in [-0.2, 0) is 0 Å². The molecule has 0 spiro atoms. The summed E-state index contributed by atoms with van der Waals surface area (Å²) in [5, 5.41) is 0. The van der Waals surface area contributed by atoms with Crippen molar-refractivity contribution in [3.05, 3.63) is 0 Å². The molecule has 0 aliphatic rings. The van der Waals surface area contributed by atoms with E-state index in [4.69, 9.17) is 0 Å². The van der Waals surface area contributed by atoms with Gasteiger partial charge in [-0.3, -0.25) is 9.98 Å². The summed E-state index contributed by atoms with van der Waals surface area (Å²) in [4.78, 5) is 7.94. The molecular formula is C7H14N2. The van der Waals surface area contributed by atoms with Crippen molar-refractivity contribution in [3.8, 4) is 0 Å². The molecule has 0 bridgehead atoms. The minimum absolute atomic E-state index is 0.0290. The van der Waals surface area contributed by atoms with Gasteiger partial charge in [-0.25, -0.2) is 0 Å². The summed E-state index contributed by atoms with van der Waals surface area (Å²) >= 11 is 0. The van der Waals surface area contributed by atoms with E-state index in [1.165, 1.54) is 0 Å². The van der Waals surface area contributed by atoms with Crippen molar-refractivity contribution in [1.29, 1.82) is 0 Å². The summed E-state index contributed by atoms with van der Waals surface area (Å²) < 4.78 is 0. The average Bonchev–Trinajstić information content (AvgIpc) is 1.63. The zero-order valence-corrected chi connectivity index (χ0v) is 6.55. The van der Waals surface area contributed by atoms with Crippen LogP contribution in [0.2, 0.25) is 0 Å². The van der Waals surface area contributed by atoms with Crippen LogP contribution in [-0.4, -0.2) is 25.0 Å². The molecule has 0 amide bonds. The van der Waals surface area contributed by atoms with Crippen molar-refractivity contribution >= 4 is 12.4 Å². The molecule has 0 aromatic carbocycles. The first kappa shape index (κ1) is 8.34.